The molecule has 0 radical (unpaired) electrons. The number of hydrogen-bond donors (Lipinski definition) is 3. The maximum Gasteiger partial charge on any atom is 0.407 e. The van der Waals surface area contributed by atoms with Gasteiger partial charge >= 0.3 is 12.1 Å². The fourth-order valence-corrected chi connectivity index (χ4v) is 4.80. The highest BCUT2D eigenvalue weighted by Gasteiger charge is 2.32. The van der Waals surface area contributed by atoms with E-state index >= 15 is 0 Å². The zero-order chi connectivity index (χ0) is 25.0. The van der Waals surface area contributed by atoms with E-state index in [-0.39, 0.29) is 31.0 Å². The van der Waals surface area contributed by atoms with Gasteiger partial charge in [0.1, 0.15) is 6.61 Å². The Hall–Kier alpha value is -3.61. The summed E-state index contributed by atoms with van der Waals surface area (Å²) in [6.45, 7) is 4.14. The van der Waals surface area contributed by atoms with Gasteiger partial charge in [0.15, 0.2) is 0 Å². The highest BCUT2D eigenvalue weighted by Crippen LogP contribution is 2.44. The smallest absolute Gasteiger partial charge is 0.407 e. The SMILES string of the molecule is CC(C)(CCNC(=O)OCC1c2ccccc2-c2ccccc21)C(=O)N[C@@H]1C=CC[C@@H](C(=O)O)C1. The zero-order valence-electron chi connectivity index (χ0n) is 20.1. The van der Waals surface area contributed by atoms with Gasteiger partial charge in [-0.15, -0.1) is 0 Å². The lowest BCUT2D eigenvalue weighted by Gasteiger charge is -2.29. The summed E-state index contributed by atoms with van der Waals surface area (Å²) < 4.78 is 5.56. The predicted molar refractivity (Wildman–Crippen MR) is 133 cm³/mol. The molecule has 2 atom stereocenters. The summed E-state index contributed by atoms with van der Waals surface area (Å²) in [5, 5.41) is 14.9. The van der Waals surface area contributed by atoms with Crippen LogP contribution in [0, 0.1) is 11.3 Å². The molecule has 35 heavy (non-hydrogen) atoms. The van der Waals surface area contributed by atoms with Crippen molar-refractivity contribution in [3.63, 3.8) is 0 Å². The predicted octanol–water partition coefficient (Wildman–Crippen LogP) is 4.48. The molecule has 2 aliphatic rings. The molecule has 0 unspecified atom stereocenters. The molecule has 0 saturated heterocycles. The number of carbonyl (C=O) groups is 3. The molecule has 4 rings (SSSR count). The highest BCUT2D eigenvalue weighted by molar-refractivity contribution is 5.82. The van der Waals surface area contributed by atoms with Crippen molar-refractivity contribution in [1.29, 1.82) is 0 Å². The number of ether oxygens (including phenoxy) is 1. The standard InChI is InChI=1S/C28H32N2O5/c1-28(2,26(33)30-19-9-7-8-18(16-19)25(31)32)14-15-29-27(34)35-17-24-22-12-5-3-10-20(22)21-11-4-6-13-23(21)24/h3-7,9-13,18-19,24H,8,14-17H2,1-2H3,(H,29,34)(H,30,33)(H,31,32)/t18-,19-/m1/s1. The first-order valence-electron chi connectivity index (χ1n) is 12.1. The first-order valence-corrected chi connectivity index (χ1v) is 12.1. The average molecular weight is 477 g/mol. The topological polar surface area (TPSA) is 105 Å². The van der Waals surface area contributed by atoms with Gasteiger partial charge in [-0.1, -0.05) is 74.5 Å². The monoisotopic (exact) mass is 476 g/mol. The molecule has 184 valence electrons. The number of fused-ring (bicyclic) bond motifs is 3. The van der Waals surface area contributed by atoms with Gasteiger partial charge in [0, 0.05) is 23.9 Å². The molecule has 2 aromatic carbocycles. The van der Waals surface area contributed by atoms with E-state index in [0.717, 1.165) is 11.1 Å². The van der Waals surface area contributed by atoms with Crippen LogP contribution in [0.1, 0.15) is 50.2 Å². The summed E-state index contributed by atoms with van der Waals surface area (Å²) in [6.07, 6.45) is 4.42. The Bertz CT molecular complexity index is 1090. The third kappa shape index (κ3) is 5.56. The number of hydrogen-bond acceptors (Lipinski definition) is 4. The van der Waals surface area contributed by atoms with Crippen molar-refractivity contribution < 1.29 is 24.2 Å². The molecule has 7 nitrogen and oxygen atoms in total. The summed E-state index contributed by atoms with van der Waals surface area (Å²) in [7, 11) is 0. The first kappa shape index (κ1) is 24.5. The van der Waals surface area contributed by atoms with E-state index in [0.29, 0.717) is 19.3 Å². The van der Waals surface area contributed by atoms with Crippen LogP contribution in [0.3, 0.4) is 0 Å². The molecular weight excluding hydrogens is 444 g/mol. The van der Waals surface area contributed by atoms with E-state index in [2.05, 4.69) is 34.9 Å². The number of allylic oxidation sites excluding steroid dienone is 1. The van der Waals surface area contributed by atoms with Crippen molar-refractivity contribution >= 4 is 18.0 Å². The minimum Gasteiger partial charge on any atom is -0.481 e. The van der Waals surface area contributed by atoms with Gasteiger partial charge in [-0.3, -0.25) is 9.59 Å². The summed E-state index contributed by atoms with van der Waals surface area (Å²) >= 11 is 0. The number of alkyl carbamates (subject to hydrolysis) is 1. The van der Waals surface area contributed by atoms with Gasteiger partial charge in [-0.25, -0.2) is 4.79 Å². The number of carboxylic acids is 1. The molecule has 2 amide bonds. The quantitative estimate of drug-likeness (QED) is 0.488. The Morgan fingerprint density at radius 1 is 1.03 bits per heavy atom. The van der Waals surface area contributed by atoms with Crippen LogP contribution in [0.5, 0.6) is 0 Å². The largest absolute Gasteiger partial charge is 0.481 e. The molecule has 0 fully saturated rings. The van der Waals surface area contributed by atoms with Crippen molar-refractivity contribution in [2.75, 3.05) is 13.2 Å². The molecular formula is C28H32N2O5. The minimum atomic E-state index is -0.847. The van der Waals surface area contributed by atoms with Gasteiger partial charge < -0.3 is 20.5 Å². The molecule has 0 heterocycles. The Morgan fingerprint density at radius 2 is 1.66 bits per heavy atom. The van der Waals surface area contributed by atoms with Crippen molar-refractivity contribution in [1.82, 2.24) is 10.6 Å². The van der Waals surface area contributed by atoms with Crippen molar-refractivity contribution in [2.45, 2.75) is 45.1 Å². The lowest BCUT2D eigenvalue weighted by atomic mass is 9.86. The number of carbonyl (C=O) groups excluding carboxylic acids is 2. The maximum absolute atomic E-state index is 12.8. The number of benzene rings is 2. The Balaban J connectivity index is 1.25. The van der Waals surface area contributed by atoms with E-state index in [1.807, 2.05) is 44.2 Å². The molecule has 0 aromatic heterocycles. The van der Waals surface area contributed by atoms with E-state index in [4.69, 9.17) is 4.74 Å². The number of nitrogens with one attached hydrogen (secondary N) is 2. The van der Waals surface area contributed by atoms with Gasteiger partial charge in [0.05, 0.1) is 5.92 Å². The van der Waals surface area contributed by atoms with E-state index in [1.165, 1.54) is 11.1 Å². The summed E-state index contributed by atoms with van der Waals surface area (Å²) in [5.74, 6) is -1.51. The third-order valence-corrected chi connectivity index (χ3v) is 6.97. The summed E-state index contributed by atoms with van der Waals surface area (Å²) in [5.41, 5.74) is 3.92. The fourth-order valence-electron chi connectivity index (χ4n) is 4.80. The van der Waals surface area contributed by atoms with Gasteiger partial charge in [-0.2, -0.15) is 0 Å². The van der Waals surface area contributed by atoms with Crippen molar-refractivity contribution in [3.05, 3.63) is 71.8 Å². The van der Waals surface area contributed by atoms with Crippen LogP contribution in [0.4, 0.5) is 4.79 Å². The third-order valence-electron chi connectivity index (χ3n) is 6.97. The molecule has 3 N–H and O–H groups in total. The Labute approximate surface area is 205 Å². The zero-order valence-corrected chi connectivity index (χ0v) is 20.1. The normalized spacial score (nSPS) is 18.9. The lowest BCUT2D eigenvalue weighted by Crippen LogP contribution is -2.45. The minimum absolute atomic E-state index is 0.00598. The van der Waals surface area contributed by atoms with Crippen LogP contribution in [0.25, 0.3) is 11.1 Å². The van der Waals surface area contributed by atoms with Crippen LogP contribution in [-0.2, 0) is 14.3 Å². The van der Waals surface area contributed by atoms with Crippen molar-refractivity contribution in [2.24, 2.45) is 11.3 Å². The first-order chi connectivity index (χ1) is 16.8. The summed E-state index contributed by atoms with van der Waals surface area (Å²) in [6, 6.07) is 16.0. The molecule has 2 aliphatic carbocycles. The number of carboxylic acid groups (broad SMARTS) is 1. The molecule has 7 heteroatoms. The maximum atomic E-state index is 12.8. The fraction of sp³-hybridized carbons (Fsp3) is 0.393. The van der Waals surface area contributed by atoms with Crippen LogP contribution in [0.15, 0.2) is 60.7 Å². The van der Waals surface area contributed by atoms with Crippen LogP contribution < -0.4 is 10.6 Å². The van der Waals surface area contributed by atoms with E-state index in [9.17, 15) is 19.5 Å². The lowest BCUT2D eigenvalue weighted by molar-refractivity contribution is -0.142. The second-order valence-electron chi connectivity index (χ2n) is 9.90. The molecule has 0 spiro atoms. The number of rotatable bonds is 8. The molecule has 2 aromatic rings. The number of amides is 2. The van der Waals surface area contributed by atoms with Gasteiger partial charge in [0.25, 0.3) is 0 Å². The molecule has 0 aliphatic heterocycles. The van der Waals surface area contributed by atoms with Crippen LogP contribution in [-0.4, -0.2) is 42.3 Å². The molecule has 0 bridgehead atoms. The van der Waals surface area contributed by atoms with E-state index in [1.54, 1.807) is 6.08 Å². The van der Waals surface area contributed by atoms with Crippen LogP contribution >= 0.6 is 0 Å². The van der Waals surface area contributed by atoms with E-state index < -0.39 is 23.4 Å². The number of aliphatic carboxylic acids is 1. The van der Waals surface area contributed by atoms with Gasteiger partial charge in [-0.05, 0) is 41.5 Å². The average Bonchev–Trinajstić information content (AvgIpc) is 3.16. The molecule has 0 saturated carbocycles. The Morgan fingerprint density at radius 3 is 2.29 bits per heavy atom. The second-order valence-corrected chi connectivity index (χ2v) is 9.90. The van der Waals surface area contributed by atoms with Crippen LogP contribution in [0.2, 0.25) is 0 Å². The van der Waals surface area contributed by atoms with Crippen molar-refractivity contribution in [3.8, 4) is 11.1 Å². The Kier molecular flexibility index (Phi) is 7.24. The summed E-state index contributed by atoms with van der Waals surface area (Å²) in [4.78, 5) is 36.4. The highest BCUT2D eigenvalue weighted by atomic mass is 16.5. The van der Waals surface area contributed by atoms with Gasteiger partial charge in [0.2, 0.25) is 5.91 Å². The second kappa shape index (κ2) is 10.3.